The highest BCUT2D eigenvalue weighted by atomic mass is 16.4. The fourth-order valence-corrected chi connectivity index (χ4v) is 1.62. The number of amides is 1. The number of carbonyl (C=O) groups is 2. The van der Waals surface area contributed by atoms with E-state index in [4.69, 9.17) is 10.8 Å². The molecule has 2 atom stereocenters. The summed E-state index contributed by atoms with van der Waals surface area (Å²) in [7, 11) is 0. The number of carboxylic acid groups (broad SMARTS) is 1. The van der Waals surface area contributed by atoms with Gasteiger partial charge in [-0.2, -0.15) is 0 Å². The summed E-state index contributed by atoms with van der Waals surface area (Å²) in [5.74, 6) is -1.20. The molecule has 1 saturated heterocycles. The predicted molar refractivity (Wildman–Crippen MR) is 55.1 cm³/mol. The van der Waals surface area contributed by atoms with Crippen molar-refractivity contribution in [2.45, 2.75) is 13.8 Å². The third-order valence-electron chi connectivity index (χ3n) is 3.09. The van der Waals surface area contributed by atoms with Crippen molar-refractivity contribution in [3.63, 3.8) is 0 Å². The van der Waals surface area contributed by atoms with Gasteiger partial charge in [-0.3, -0.25) is 9.59 Å². The molecule has 3 N–H and O–H groups in total. The van der Waals surface area contributed by atoms with Crippen molar-refractivity contribution in [3.8, 4) is 0 Å². The number of carboxylic acids is 1. The van der Waals surface area contributed by atoms with Gasteiger partial charge < -0.3 is 15.7 Å². The van der Waals surface area contributed by atoms with Gasteiger partial charge in [0.15, 0.2) is 0 Å². The molecule has 1 rings (SSSR count). The van der Waals surface area contributed by atoms with Crippen LogP contribution < -0.4 is 5.73 Å². The van der Waals surface area contributed by atoms with Gasteiger partial charge in [-0.15, -0.1) is 0 Å². The Morgan fingerprint density at radius 3 is 2.40 bits per heavy atom. The van der Waals surface area contributed by atoms with Crippen LogP contribution in [0.4, 0.5) is 0 Å². The lowest BCUT2D eigenvalue weighted by Gasteiger charge is -2.42. The van der Waals surface area contributed by atoms with E-state index in [-0.39, 0.29) is 23.7 Å². The first-order valence-electron chi connectivity index (χ1n) is 5.19. The SMILES string of the molecule is CC(CN)C(=O)N1CC(C(C)C(=O)O)C1. The Bertz CT molecular complexity index is 261. The number of nitrogens with two attached hydrogens (primary N) is 1. The first kappa shape index (κ1) is 12.0. The molecule has 0 radical (unpaired) electrons. The van der Waals surface area contributed by atoms with Gasteiger partial charge in [0.1, 0.15) is 0 Å². The first-order chi connectivity index (χ1) is 6.97. The second-order valence-electron chi connectivity index (χ2n) is 4.27. The molecule has 86 valence electrons. The molecule has 0 aliphatic carbocycles. The van der Waals surface area contributed by atoms with Crippen LogP contribution >= 0.6 is 0 Å². The summed E-state index contributed by atoms with van der Waals surface area (Å²) in [4.78, 5) is 24.0. The van der Waals surface area contributed by atoms with Gasteiger partial charge in [-0.25, -0.2) is 0 Å². The molecule has 0 spiro atoms. The molecule has 1 amide bonds. The third kappa shape index (κ3) is 2.47. The van der Waals surface area contributed by atoms with E-state index in [0.717, 1.165) is 0 Å². The Hall–Kier alpha value is -1.10. The van der Waals surface area contributed by atoms with Crippen LogP contribution in [0.3, 0.4) is 0 Å². The fourth-order valence-electron chi connectivity index (χ4n) is 1.62. The van der Waals surface area contributed by atoms with Crippen LogP contribution in [-0.2, 0) is 9.59 Å². The maximum atomic E-state index is 11.6. The zero-order valence-corrected chi connectivity index (χ0v) is 9.14. The van der Waals surface area contributed by atoms with E-state index in [9.17, 15) is 9.59 Å². The molecule has 0 aromatic carbocycles. The summed E-state index contributed by atoms with van der Waals surface area (Å²) in [6, 6.07) is 0. The first-order valence-corrected chi connectivity index (χ1v) is 5.19. The number of carbonyl (C=O) groups excluding carboxylic acids is 1. The lowest BCUT2D eigenvalue weighted by atomic mass is 9.86. The molecule has 15 heavy (non-hydrogen) atoms. The average Bonchev–Trinajstić information content (AvgIpc) is 2.13. The molecule has 1 fully saturated rings. The number of hydrogen-bond acceptors (Lipinski definition) is 3. The molecule has 5 nitrogen and oxygen atoms in total. The number of nitrogens with zero attached hydrogens (tertiary/aromatic N) is 1. The van der Waals surface area contributed by atoms with Crippen LogP contribution in [-0.4, -0.2) is 41.5 Å². The highest BCUT2D eigenvalue weighted by Gasteiger charge is 2.37. The number of rotatable bonds is 4. The van der Waals surface area contributed by atoms with Gasteiger partial charge in [0, 0.05) is 31.5 Å². The van der Waals surface area contributed by atoms with E-state index < -0.39 is 5.97 Å². The Balaban J connectivity index is 2.37. The highest BCUT2D eigenvalue weighted by Crippen LogP contribution is 2.25. The average molecular weight is 214 g/mol. The summed E-state index contributed by atoms with van der Waals surface area (Å²) in [6.45, 7) is 4.92. The van der Waals surface area contributed by atoms with Gasteiger partial charge in [0.05, 0.1) is 5.92 Å². The molecular formula is C10H18N2O3. The summed E-state index contributed by atoms with van der Waals surface area (Å²) in [6.07, 6.45) is 0. The van der Waals surface area contributed by atoms with Crippen molar-refractivity contribution in [1.29, 1.82) is 0 Å². The lowest BCUT2D eigenvalue weighted by Crippen LogP contribution is -2.55. The van der Waals surface area contributed by atoms with Crippen molar-refractivity contribution < 1.29 is 14.7 Å². The maximum Gasteiger partial charge on any atom is 0.306 e. The largest absolute Gasteiger partial charge is 0.481 e. The van der Waals surface area contributed by atoms with Gasteiger partial charge in [-0.05, 0) is 0 Å². The zero-order chi connectivity index (χ0) is 11.6. The lowest BCUT2D eigenvalue weighted by molar-refractivity contribution is -0.152. The van der Waals surface area contributed by atoms with Gasteiger partial charge in [-0.1, -0.05) is 13.8 Å². The van der Waals surface area contributed by atoms with Crippen LogP contribution in [0.2, 0.25) is 0 Å². The topological polar surface area (TPSA) is 83.6 Å². The fraction of sp³-hybridized carbons (Fsp3) is 0.800. The normalized spacial score (nSPS) is 20.6. The second kappa shape index (κ2) is 4.61. The summed E-state index contributed by atoms with van der Waals surface area (Å²) >= 11 is 0. The Morgan fingerprint density at radius 1 is 1.47 bits per heavy atom. The van der Waals surface area contributed by atoms with Crippen molar-refractivity contribution >= 4 is 11.9 Å². The van der Waals surface area contributed by atoms with Gasteiger partial charge >= 0.3 is 5.97 Å². The van der Waals surface area contributed by atoms with Crippen LogP contribution in [0.1, 0.15) is 13.8 Å². The molecule has 5 heteroatoms. The number of aliphatic carboxylic acids is 1. The van der Waals surface area contributed by atoms with E-state index in [1.807, 2.05) is 0 Å². The minimum Gasteiger partial charge on any atom is -0.481 e. The molecule has 1 heterocycles. The molecule has 0 aromatic rings. The smallest absolute Gasteiger partial charge is 0.306 e. The molecule has 0 saturated carbocycles. The Kier molecular flexibility index (Phi) is 3.68. The van der Waals surface area contributed by atoms with Crippen LogP contribution in [0, 0.1) is 17.8 Å². The molecular weight excluding hydrogens is 196 g/mol. The van der Waals surface area contributed by atoms with Crippen LogP contribution in [0.25, 0.3) is 0 Å². The minimum absolute atomic E-state index is 0.0336. The summed E-state index contributed by atoms with van der Waals surface area (Å²) < 4.78 is 0. The van der Waals surface area contributed by atoms with Crippen molar-refractivity contribution in [1.82, 2.24) is 4.90 Å². The van der Waals surface area contributed by atoms with E-state index in [1.54, 1.807) is 18.7 Å². The standard InChI is InChI=1S/C10H18N2O3/c1-6(3-11)9(13)12-4-8(5-12)7(2)10(14)15/h6-8H,3-5,11H2,1-2H3,(H,14,15). The molecule has 1 aliphatic rings. The maximum absolute atomic E-state index is 11.6. The number of hydrogen-bond donors (Lipinski definition) is 2. The quantitative estimate of drug-likeness (QED) is 0.676. The predicted octanol–water partition coefficient (Wildman–Crippen LogP) is -0.240. The summed E-state index contributed by atoms with van der Waals surface area (Å²) in [5.41, 5.74) is 5.39. The van der Waals surface area contributed by atoms with E-state index in [1.165, 1.54) is 0 Å². The zero-order valence-electron chi connectivity index (χ0n) is 9.14. The van der Waals surface area contributed by atoms with Gasteiger partial charge in [0.25, 0.3) is 0 Å². The van der Waals surface area contributed by atoms with E-state index >= 15 is 0 Å². The van der Waals surface area contributed by atoms with Crippen LogP contribution in [0.15, 0.2) is 0 Å². The van der Waals surface area contributed by atoms with E-state index in [0.29, 0.717) is 19.6 Å². The molecule has 2 unspecified atom stereocenters. The Morgan fingerprint density at radius 2 is 2.00 bits per heavy atom. The molecule has 1 aliphatic heterocycles. The monoisotopic (exact) mass is 214 g/mol. The van der Waals surface area contributed by atoms with Crippen molar-refractivity contribution in [2.75, 3.05) is 19.6 Å². The summed E-state index contributed by atoms with van der Waals surface area (Å²) in [5, 5.41) is 8.77. The van der Waals surface area contributed by atoms with Crippen molar-refractivity contribution in [2.24, 2.45) is 23.5 Å². The Labute approximate surface area is 89.2 Å². The highest BCUT2D eigenvalue weighted by molar-refractivity contribution is 5.80. The molecule has 0 aromatic heterocycles. The van der Waals surface area contributed by atoms with Gasteiger partial charge in [0.2, 0.25) is 5.91 Å². The second-order valence-corrected chi connectivity index (χ2v) is 4.27. The minimum atomic E-state index is -0.793. The van der Waals surface area contributed by atoms with Crippen molar-refractivity contribution in [3.05, 3.63) is 0 Å². The molecule has 0 bridgehead atoms. The van der Waals surface area contributed by atoms with Crippen LogP contribution in [0.5, 0.6) is 0 Å². The third-order valence-corrected chi connectivity index (χ3v) is 3.09. The number of likely N-dealkylation sites (tertiary alicyclic amines) is 1. The van der Waals surface area contributed by atoms with E-state index in [2.05, 4.69) is 0 Å².